The van der Waals surface area contributed by atoms with Crippen LogP contribution in [0.5, 0.6) is 5.75 Å². The van der Waals surface area contributed by atoms with Crippen LogP contribution in [0.15, 0.2) is 43.6 Å². The van der Waals surface area contributed by atoms with Gasteiger partial charge in [0.1, 0.15) is 5.75 Å². The van der Waals surface area contributed by atoms with Gasteiger partial charge in [-0.1, -0.05) is 12.2 Å². The smallest absolute Gasteiger partial charge is 0.394 e. The lowest BCUT2D eigenvalue weighted by Gasteiger charge is -2.33. The molecule has 1 aromatic heterocycles. The van der Waals surface area contributed by atoms with Gasteiger partial charge in [0.05, 0.1) is 6.61 Å². The minimum absolute atomic E-state index is 0.462. The van der Waals surface area contributed by atoms with Gasteiger partial charge in [-0.15, -0.1) is 13.2 Å². The van der Waals surface area contributed by atoms with E-state index in [0.29, 0.717) is 12.6 Å². The van der Waals surface area contributed by atoms with Crippen molar-refractivity contribution in [1.82, 2.24) is 9.88 Å². The molecule has 148 valence electrons. The lowest BCUT2D eigenvalue weighted by Crippen LogP contribution is -2.40. The summed E-state index contributed by atoms with van der Waals surface area (Å²) in [5.41, 5.74) is 3.94. The Balaban J connectivity index is 0.000000465. The van der Waals surface area contributed by atoms with E-state index >= 15 is 0 Å². The van der Waals surface area contributed by atoms with Crippen LogP contribution in [-0.2, 0) is 23.2 Å². The Hall–Kier alpha value is -2.13. The number of aromatic amines is 1. The number of nitrogens with one attached hydrogen (secondary N) is 1. The van der Waals surface area contributed by atoms with E-state index in [1.807, 2.05) is 19.1 Å². The van der Waals surface area contributed by atoms with Gasteiger partial charge in [-0.2, -0.15) is 8.42 Å². The average molecular weight is 394 g/mol. The highest BCUT2D eigenvalue weighted by Crippen LogP contribution is 2.37. The first-order valence-electron chi connectivity index (χ1n) is 8.68. The molecule has 0 aliphatic heterocycles. The lowest BCUT2D eigenvalue weighted by atomic mass is 9.87. The second-order valence-electron chi connectivity index (χ2n) is 6.25. The van der Waals surface area contributed by atoms with Gasteiger partial charge in [0.25, 0.3) is 0 Å². The molecular weight excluding hydrogens is 368 g/mol. The summed E-state index contributed by atoms with van der Waals surface area (Å²) in [6.07, 6.45) is 8.17. The maximum absolute atomic E-state index is 8.74. The summed E-state index contributed by atoms with van der Waals surface area (Å²) < 4.78 is 37.5. The standard InChI is InChI=1S/C19H24N2O.H2O4S/c1-4-9-21(10-5-2)15-11-14-13-20-17-7-8-18(22-6-3)16(12-15)19(14)17;1-5(2,3)4/h4-5,7-8,13,15,20H,1-2,6,9-12H2,3H3;(H2,1,2,3,4). The third-order valence-electron chi connectivity index (χ3n) is 4.43. The van der Waals surface area contributed by atoms with Crippen molar-refractivity contribution in [2.75, 3.05) is 19.7 Å². The van der Waals surface area contributed by atoms with Gasteiger partial charge in [0.2, 0.25) is 0 Å². The topological polar surface area (TPSA) is 103 Å². The van der Waals surface area contributed by atoms with Crippen molar-refractivity contribution >= 4 is 21.3 Å². The zero-order valence-electron chi connectivity index (χ0n) is 15.4. The molecule has 1 aromatic carbocycles. The molecule has 1 atom stereocenters. The predicted octanol–water partition coefficient (Wildman–Crippen LogP) is 3.06. The van der Waals surface area contributed by atoms with E-state index < -0.39 is 10.4 Å². The first kappa shape index (κ1) is 21.2. The van der Waals surface area contributed by atoms with E-state index in [1.165, 1.54) is 22.0 Å². The maximum Gasteiger partial charge on any atom is 0.394 e. The summed E-state index contributed by atoms with van der Waals surface area (Å²) in [4.78, 5) is 5.83. The van der Waals surface area contributed by atoms with E-state index in [0.717, 1.165) is 31.7 Å². The monoisotopic (exact) mass is 394 g/mol. The molecule has 0 saturated heterocycles. The molecule has 2 aromatic rings. The Bertz CT molecular complexity index is 886. The molecule has 1 unspecified atom stereocenters. The summed E-state index contributed by atoms with van der Waals surface area (Å²) in [7, 11) is -4.67. The summed E-state index contributed by atoms with van der Waals surface area (Å²) in [6, 6.07) is 4.68. The zero-order chi connectivity index (χ0) is 20.0. The number of ether oxygens (including phenoxy) is 1. The van der Waals surface area contributed by atoms with E-state index in [9.17, 15) is 0 Å². The molecular formula is C19H26N2O5S. The second-order valence-corrected chi connectivity index (χ2v) is 7.15. The van der Waals surface area contributed by atoms with Crippen LogP contribution in [0.25, 0.3) is 10.9 Å². The van der Waals surface area contributed by atoms with E-state index in [4.69, 9.17) is 22.3 Å². The van der Waals surface area contributed by atoms with Gasteiger partial charge in [-0.3, -0.25) is 14.0 Å². The number of benzene rings is 1. The summed E-state index contributed by atoms with van der Waals surface area (Å²) >= 11 is 0. The highest BCUT2D eigenvalue weighted by Gasteiger charge is 2.27. The molecule has 27 heavy (non-hydrogen) atoms. The predicted molar refractivity (Wildman–Crippen MR) is 107 cm³/mol. The lowest BCUT2D eigenvalue weighted by molar-refractivity contribution is 0.232. The van der Waals surface area contributed by atoms with Crippen molar-refractivity contribution in [3.8, 4) is 5.75 Å². The zero-order valence-corrected chi connectivity index (χ0v) is 16.2. The first-order valence-corrected chi connectivity index (χ1v) is 10.1. The van der Waals surface area contributed by atoms with Crippen molar-refractivity contribution in [2.45, 2.75) is 25.8 Å². The Morgan fingerprint density at radius 3 is 2.44 bits per heavy atom. The maximum atomic E-state index is 8.74. The number of hydrogen-bond donors (Lipinski definition) is 3. The Kier molecular flexibility index (Phi) is 7.20. The molecule has 0 fully saturated rings. The van der Waals surface area contributed by atoms with Gasteiger partial charge < -0.3 is 9.72 Å². The van der Waals surface area contributed by atoms with Crippen LogP contribution in [-0.4, -0.2) is 53.1 Å². The van der Waals surface area contributed by atoms with Crippen LogP contribution in [0.3, 0.4) is 0 Å². The summed E-state index contributed by atoms with van der Waals surface area (Å²) in [5.74, 6) is 1.03. The van der Waals surface area contributed by atoms with Gasteiger partial charge in [0, 0.05) is 41.8 Å². The number of rotatable bonds is 7. The third-order valence-corrected chi connectivity index (χ3v) is 4.43. The number of nitrogens with zero attached hydrogens (tertiary/aromatic N) is 1. The normalized spacial score (nSPS) is 15.9. The molecule has 3 rings (SSSR count). The third kappa shape index (κ3) is 5.67. The first-order chi connectivity index (χ1) is 12.8. The van der Waals surface area contributed by atoms with Crippen molar-refractivity contribution in [2.24, 2.45) is 0 Å². The van der Waals surface area contributed by atoms with Gasteiger partial charge in [-0.05, 0) is 37.5 Å². The number of hydrogen-bond acceptors (Lipinski definition) is 4. The van der Waals surface area contributed by atoms with Crippen molar-refractivity contribution in [3.63, 3.8) is 0 Å². The van der Waals surface area contributed by atoms with E-state index in [2.05, 4.69) is 41.4 Å². The molecule has 0 radical (unpaired) electrons. The fourth-order valence-corrected chi connectivity index (χ4v) is 3.53. The number of H-pyrrole nitrogens is 1. The van der Waals surface area contributed by atoms with E-state index in [1.54, 1.807) is 0 Å². The van der Waals surface area contributed by atoms with Crippen LogP contribution < -0.4 is 4.74 Å². The van der Waals surface area contributed by atoms with Gasteiger partial charge >= 0.3 is 10.4 Å². The molecule has 0 bridgehead atoms. The molecule has 8 heteroatoms. The Morgan fingerprint density at radius 1 is 1.26 bits per heavy atom. The largest absolute Gasteiger partial charge is 0.494 e. The molecule has 0 amide bonds. The van der Waals surface area contributed by atoms with Crippen LogP contribution in [0, 0.1) is 0 Å². The summed E-state index contributed by atoms with van der Waals surface area (Å²) in [5, 5.41) is 1.36. The van der Waals surface area contributed by atoms with E-state index in [-0.39, 0.29) is 0 Å². The fourth-order valence-electron chi connectivity index (χ4n) is 3.53. The molecule has 7 nitrogen and oxygen atoms in total. The molecule has 1 heterocycles. The van der Waals surface area contributed by atoms with Gasteiger partial charge in [0.15, 0.2) is 0 Å². The molecule has 0 spiro atoms. The van der Waals surface area contributed by atoms with Crippen LogP contribution in [0.1, 0.15) is 18.1 Å². The fraction of sp³-hybridized carbons (Fsp3) is 0.368. The van der Waals surface area contributed by atoms with Crippen LogP contribution >= 0.6 is 0 Å². The molecule has 1 aliphatic rings. The number of aromatic nitrogens is 1. The second kappa shape index (κ2) is 9.18. The van der Waals surface area contributed by atoms with Crippen LogP contribution in [0.4, 0.5) is 0 Å². The Labute approximate surface area is 159 Å². The van der Waals surface area contributed by atoms with Crippen molar-refractivity contribution < 1.29 is 22.3 Å². The SMILES string of the molecule is C=CCN(CC=C)C1Cc2c[nH]c3ccc(OCC)c(c23)C1.O=S(=O)(O)O. The highest BCUT2D eigenvalue weighted by molar-refractivity contribution is 7.79. The molecule has 1 aliphatic carbocycles. The molecule has 3 N–H and O–H groups in total. The van der Waals surface area contributed by atoms with Crippen LogP contribution in [0.2, 0.25) is 0 Å². The molecule has 0 saturated carbocycles. The average Bonchev–Trinajstić information content (AvgIpc) is 3.00. The minimum atomic E-state index is -4.67. The van der Waals surface area contributed by atoms with Gasteiger partial charge in [-0.25, -0.2) is 0 Å². The Morgan fingerprint density at radius 2 is 1.89 bits per heavy atom. The van der Waals surface area contributed by atoms with Crippen molar-refractivity contribution in [3.05, 3.63) is 54.8 Å². The summed E-state index contributed by atoms with van der Waals surface area (Å²) in [6.45, 7) is 12.3. The van der Waals surface area contributed by atoms with Crippen molar-refractivity contribution in [1.29, 1.82) is 0 Å². The highest BCUT2D eigenvalue weighted by atomic mass is 32.3. The minimum Gasteiger partial charge on any atom is -0.494 e. The quantitative estimate of drug-likeness (QED) is 0.493.